The molecule has 0 amide bonds. The van der Waals surface area contributed by atoms with Gasteiger partial charge in [0.1, 0.15) is 0 Å². The summed E-state index contributed by atoms with van der Waals surface area (Å²) in [7, 11) is 0. The number of carbonyl (C=O) groups is 1. The molecule has 0 saturated carbocycles. The second-order valence-corrected chi connectivity index (χ2v) is 5.47. The molecule has 0 heterocycles. The van der Waals surface area contributed by atoms with Gasteiger partial charge in [-0.2, -0.15) is 0 Å². The van der Waals surface area contributed by atoms with Gasteiger partial charge in [-0.3, -0.25) is 4.84 Å². The van der Waals surface area contributed by atoms with E-state index in [0.717, 1.165) is 0 Å². The van der Waals surface area contributed by atoms with Crippen LogP contribution in [0.2, 0.25) is 0 Å². The summed E-state index contributed by atoms with van der Waals surface area (Å²) in [5.41, 5.74) is 0. The Balaban J connectivity index is 4.64. The van der Waals surface area contributed by atoms with Gasteiger partial charge in [-0.15, -0.1) is 0 Å². The standard InChI is InChI=1S/C10H21NO4S/c1-6-11(15-8-3)16(13)10(4,5)9(12)14-7-2/h6-8H2,1-5H3. The average molecular weight is 251 g/mol. The lowest BCUT2D eigenvalue weighted by molar-refractivity contribution is -0.146. The Morgan fingerprint density at radius 3 is 2.25 bits per heavy atom. The number of hydrogen-bond acceptors (Lipinski definition) is 5. The summed E-state index contributed by atoms with van der Waals surface area (Å²) in [6.45, 7) is 9.65. The fourth-order valence-electron chi connectivity index (χ4n) is 1.03. The molecule has 0 bridgehead atoms. The predicted molar refractivity (Wildman–Crippen MR) is 62.9 cm³/mol. The maximum atomic E-state index is 12.1. The van der Waals surface area contributed by atoms with Crippen LogP contribution in [0.3, 0.4) is 0 Å². The molecule has 0 rings (SSSR count). The summed E-state index contributed by atoms with van der Waals surface area (Å²) in [5.74, 6) is -0.480. The van der Waals surface area contributed by atoms with Crippen molar-refractivity contribution in [2.45, 2.75) is 39.4 Å². The van der Waals surface area contributed by atoms with Crippen molar-refractivity contribution >= 4 is 17.3 Å². The molecule has 5 nitrogen and oxygen atoms in total. The van der Waals surface area contributed by atoms with Crippen LogP contribution < -0.4 is 0 Å². The Hall–Kier alpha value is -0.300. The van der Waals surface area contributed by atoms with E-state index in [2.05, 4.69) is 0 Å². The number of esters is 1. The van der Waals surface area contributed by atoms with Gasteiger partial charge in [-0.1, -0.05) is 0 Å². The lowest BCUT2D eigenvalue weighted by Crippen LogP contribution is -2.50. The topological polar surface area (TPSA) is 61.8 Å². The highest BCUT2D eigenvalue weighted by atomic mass is 32.2. The van der Waals surface area contributed by atoms with Crippen LogP contribution in [-0.4, -0.2) is 39.5 Å². The van der Waals surface area contributed by atoms with Crippen molar-refractivity contribution in [1.29, 1.82) is 0 Å². The van der Waals surface area contributed by atoms with E-state index in [0.29, 0.717) is 13.2 Å². The van der Waals surface area contributed by atoms with Crippen LogP contribution in [0.1, 0.15) is 34.6 Å². The molecule has 1 unspecified atom stereocenters. The van der Waals surface area contributed by atoms with Gasteiger partial charge in [0.05, 0.1) is 31.1 Å². The zero-order valence-electron chi connectivity index (χ0n) is 10.6. The van der Waals surface area contributed by atoms with E-state index < -0.39 is 22.1 Å². The number of nitrogens with zero attached hydrogens (tertiary/aromatic N) is 1. The molecule has 96 valence electrons. The first-order valence-electron chi connectivity index (χ1n) is 5.41. The van der Waals surface area contributed by atoms with Crippen molar-refractivity contribution in [2.75, 3.05) is 19.8 Å². The highest BCUT2D eigenvalue weighted by Gasteiger charge is 2.46. The molecule has 0 aliphatic heterocycles. The fourth-order valence-corrected chi connectivity index (χ4v) is 2.18. The third-order valence-corrected chi connectivity index (χ3v) is 3.69. The smallest absolute Gasteiger partial charge is 0.364 e. The summed E-state index contributed by atoms with van der Waals surface area (Å²) in [6, 6.07) is 0. The van der Waals surface area contributed by atoms with Crippen molar-refractivity contribution in [3.63, 3.8) is 0 Å². The summed E-state index contributed by atoms with van der Waals surface area (Å²) in [4.78, 5) is 16.8. The Bertz CT molecular complexity index is 223. The predicted octanol–water partition coefficient (Wildman–Crippen LogP) is 1.27. The molecule has 0 aromatic heterocycles. The van der Waals surface area contributed by atoms with Crippen molar-refractivity contribution < 1.29 is 18.9 Å². The maximum absolute atomic E-state index is 12.1. The molecular formula is C10H21NO4S. The number of carbonyl (C=O) groups excluding carboxylic acids is 1. The molecule has 0 radical (unpaired) electrons. The summed E-state index contributed by atoms with van der Waals surface area (Å²) >= 11 is -1.56. The van der Waals surface area contributed by atoms with Crippen LogP contribution in [0, 0.1) is 0 Å². The van der Waals surface area contributed by atoms with Crippen LogP contribution in [0.15, 0.2) is 0 Å². The zero-order chi connectivity index (χ0) is 12.8. The molecule has 6 heteroatoms. The van der Waals surface area contributed by atoms with Crippen molar-refractivity contribution in [3.05, 3.63) is 0 Å². The van der Waals surface area contributed by atoms with Gasteiger partial charge in [0.2, 0.25) is 4.75 Å². The normalized spacial score (nSPS) is 13.9. The maximum Gasteiger partial charge on any atom is 0.364 e. The largest absolute Gasteiger partial charge is 0.595 e. The van der Waals surface area contributed by atoms with Gasteiger partial charge in [-0.25, -0.2) is 4.79 Å². The van der Waals surface area contributed by atoms with Crippen LogP contribution in [-0.2, 0) is 25.7 Å². The lowest BCUT2D eigenvalue weighted by Gasteiger charge is -2.30. The van der Waals surface area contributed by atoms with E-state index in [4.69, 9.17) is 9.57 Å². The first-order chi connectivity index (χ1) is 7.41. The molecule has 0 spiro atoms. The highest BCUT2D eigenvalue weighted by Crippen LogP contribution is 2.23. The summed E-state index contributed by atoms with van der Waals surface area (Å²) in [5, 5.41) is 0. The number of hydroxylamine groups is 1. The van der Waals surface area contributed by atoms with Crippen LogP contribution in [0.4, 0.5) is 0 Å². The molecular weight excluding hydrogens is 230 g/mol. The van der Waals surface area contributed by atoms with E-state index in [1.54, 1.807) is 27.7 Å². The minimum atomic E-state index is -1.56. The monoisotopic (exact) mass is 251 g/mol. The van der Waals surface area contributed by atoms with E-state index in [-0.39, 0.29) is 6.61 Å². The van der Waals surface area contributed by atoms with Crippen molar-refractivity contribution in [1.82, 2.24) is 4.47 Å². The average Bonchev–Trinajstić information content (AvgIpc) is 2.25. The molecule has 0 N–H and O–H groups in total. The molecule has 0 aromatic carbocycles. The summed E-state index contributed by atoms with van der Waals surface area (Å²) in [6.07, 6.45) is 0. The third-order valence-electron chi connectivity index (χ3n) is 1.92. The summed E-state index contributed by atoms with van der Waals surface area (Å²) < 4.78 is 17.2. The first-order valence-corrected chi connectivity index (χ1v) is 6.52. The Morgan fingerprint density at radius 1 is 1.31 bits per heavy atom. The van der Waals surface area contributed by atoms with Gasteiger partial charge in [0.15, 0.2) is 0 Å². The van der Waals surface area contributed by atoms with Crippen molar-refractivity contribution in [2.24, 2.45) is 0 Å². The van der Waals surface area contributed by atoms with E-state index in [9.17, 15) is 9.35 Å². The second-order valence-electron chi connectivity index (χ2n) is 3.55. The molecule has 0 saturated heterocycles. The SMILES string of the molecule is CCOC(=O)C(C)(C)[S+]([O-])N(CC)OCC. The van der Waals surface area contributed by atoms with Crippen LogP contribution >= 0.6 is 0 Å². The molecule has 16 heavy (non-hydrogen) atoms. The van der Waals surface area contributed by atoms with E-state index in [1.807, 2.05) is 6.92 Å². The second kappa shape index (κ2) is 7.11. The lowest BCUT2D eigenvalue weighted by atomic mass is 10.2. The van der Waals surface area contributed by atoms with Gasteiger partial charge in [0, 0.05) is 0 Å². The quantitative estimate of drug-likeness (QED) is 0.387. The zero-order valence-corrected chi connectivity index (χ0v) is 11.4. The minimum absolute atomic E-state index is 0.278. The molecule has 1 atom stereocenters. The third kappa shape index (κ3) is 3.93. The molecule has 0 fully saturated rings. The van der Waals surface area contributed by atoms with E-state index in [1.165, 1.54) is 4.47 Å². The Morgan fingerprint density at radius 2 is 1.88 bits per heavy atom. The number of hydrogen-bond donors (Lipinski definition) is 0. The van der Waals surface area contributed by atoms with Crippen molar-refractivity contribution in [3.8, 4) is 0 Å². The molecule has 0 aliphatic rings. The minimum Gasteiger partial charge on any atom is -0.595 e. The van der Waals surface area contributed by atoms with Gasteiger partial charge in [0.25, 0.3) is 0 Å². The van der Waals surface area contributed by atoms with Gasteiger partial charge >= 0.3 is 5.97 Å². The van der Waals surface area contributed by atoms with Gasteiger partial charge < -0.3 is 9.29 Å². The fraction of sp³-hybridized carbons (Fsp3) is 0.900. The Kier molecular flexibility index (Phi) is 6.98. The molecule has 0 aromatic rings. The number of ether oxygens (including phenoxy) is 1. The van der Waals surface area contributed by atoms with Gasteiger partial charge in [-0.05, 0) is 39.1 Å². The van der Waals surface area contributed by atoms with Crippen LogP contribution in [0.5, 0.6) is 0 Å². The Labute approximate surface area is 100 Å². The highest BCUT2D eigenvalue weighted by molar-refractivity contribution is 7.91. The molecule has 0 aliphatic carbocycles. The number of rotatable bonds is 7. The van der Waals surface area contributed by atoms with E-state index >= 15 is 0 Å². The van der Waals surface area contributed by atoms with Crippen LogP contribution in [0.25, 0.3) is 0 Å². The first kappa shape index (κ1) is 15.7.